The fourth-order valence-electron chi connectivity index (χ4n) is 2.04. The zero-order valence-corrected chi connectivity index (χ0v) is 10.6. The van der Waals surface area contributed by atoms with Gasteiger partial charge in [0, 0.05) is 5.56 Å². The van der Waals surface area contributed by atoms with Gasteiger partial charge in [0.1, 0.15) is 12.4 Å². The molecule has 0 saturated carbocycles. The molecule has 3 rings (SSSR count). The Morgan fingerprint density at radius 1 is 0.947 bits per heavy atom. The Morgan fingerprint density at radius 3 is 2.53 bits per heavy atom. The van der Waals surface area contributed by atoms with Gasteiger partial charge in [-0.3, -0.25) is 0 Å². The highest BCUT2D eigenvalue weighted by Crippen LogP contribution is 2.26. The summed E-state index contributed by atoms with van der Waals surface area (Å²) in [4.78, 5) is 0. The van der Waals surface area contributed by atoms with E-state index in [9.17, 15) is 0 Å². The van der Waals surface area contributed by atoms with Crippen LogP contribution in [-0.4, -0.2) is 13.2 Å². The minimum atomic E-state index is -0.250. The predicted molar refractivity (Wildman–Crippen MR) is 71.9 cm³/mol. The molecule has 98 valence electrons. The zero-order valence-electron chi connectivity index (χ0n) is 10.6. The van der Waals surface area contributed by atoms with Crippen molar-refractivity contribution in [1.29, 1.82) is 0 Å². The van der Waals surface area contributed by atoms with Crippen molar-refractivity contribution < 1.29 is 14.2 Å². The van der Waals surface area contributed by atoms with Crippen molar-refractivity contribution in [2.45, 2.75) is 12.9 Å². The van der Waals surface area contributed by atoms with Crippen molar-refractivity contribution >= 4 is 0 Å². The summed E-state index contributed by atoms with van der Waals surface area (Å²) in [5.74, 6) is 0.834. The van der Waals surface area contributed by atoms with Gasteiger partial charge < -0.3 is 14.2 Å². The smallest absolute Gasteiger partial charge is 0.184 e. The topological polar surface area (TPSA) is 27.7 Å². The number of ether oxygens (including phenoxy) is 3. The maximum absolute atomic E-state index is 5.78. The summed E-state index contributed by atoms with van der Waals surface area (Å²) in [6.45, 7) is 1.87. The van der Waals surface area contributed by atoms with Crippen LogP contribution in [0.5, 0.6) is 5.75 Å². The first-order valence-corrected chi connectivity index (χ1v) is 6.42. The molecule has 19 heavy (non-hydrogen) atoms. The first-order chi connectivity index (χ1) is 9.42. The molecule has 1 aliphatic rings. The van der Waals surface area contributed by atoms with Crippen LogP contribution in [0, 0.1) is 0 Å². The fourth-order valence-corrected chi connectivity index (χ4v) is 2.04. The van der Waals surface area contributed by atoms with Gasteiger partial charge in [0.2, 0.25) is 0 Å². The largest absolute Gasteiger partial charge is 0.489 e. The maximum Gasteiger partial charge on any atom is 0.184 e. The van der Waals surface area contributed by atoms with Crippen molar-refractivity contribution in [3.05, 3.63) is 65.7 Å². The molecule has 0 bridgehead atoms. The minimum Gasteiger partial charge on any atom is -0.489 e. The van der Waals surface area contributed by atoms with E-state index in [1.54, 1.807) is 0 Å². The van der Waals surface area contributed by atoms with Crippen LogP contribution in [0.4, 0.5) is 0 Å². The molecule has 0 unspecified atom stereocenters. The Bertz CT molecular complexity index is 519. The van der Waals surface area contributed by atoms with Crippen molar-refractivity contribution in [2.24, 2.45) is 0 Å². The van der Waals surface area contributed by atoms with E-state index in [-0.39, 0.29) is 6.29 Å². The van der Waals surface area contributed by atoms with E-state index < -0.39 is 0 Å². The van der Waals surface area contributed by atoms with Gasteiger partial charge in [-0.25, -0.2) is 0 Å². The first-order valence-electron chi connectivity index (χ1n) is 6.42. The van der Waals surface area contributed by atoms with Crippen LogP contribution in [0.1, 0.15) is 17.4 Å². The number of hydrogen-bond acceptors (Lipinski definition) is 3. The Balaban J connectivity index is 1.66. The van der Waals surface area contributed by atoms with Gasteiger partial charge in [0.15, 0.2) is 6.29 Å². The average molecular weight is 256 g/mol. The third-order valence-corrected chi connectivity index (χ3v) is 3.00. The molecule has 0 radical (unpaired) electrons. The summed E-state index contributed by atoms with van der Waals surface area (Å²) in [6, 6.07) is 18.0. The van der Waals surface area contributed by atoms with Crippen LogP contribution in [0.2, 0.25) is 0 Å². The third-order valence-electron chi connectivity index (χ3n) is 3.00. The summed E-state index contributed by atoms with van der Waals surface area (Å²) in [6.07, 6.45) is -0.250. The SMILES string of the molecule is c1ccc(COc2cccc(C3OCCO3)c2)cc1. The van der Waals surface area contributed by atoms with E-state index in [1.165, 1.54) is 0 Å². The monoisotopic (exact) mass is 256 g/mol. The number of benzene rings is 2. The molecule has 3 nitrogen and oxygen atoms in total. The van der Waals surface area contributed by atoms with Gasteiger partial charge in [-0.1, -0.05) is 42.5 Å². The Morgan fingerprint density at radius 2 is 1.74 bits per heavy atom. The Labute approximate surface area is 112 Å². The highest BCUT2D eigenvalue weighted by atomic mass is 16.7. The van der Waals surface area contributed by atoms with Crippen molar-refractivity contribution in [3.63, 3.8) is 0 Å². The van der Waals surface area contributed by atoms with E-state index in [0.717, 1.165) is 16.9 Å². The fraction of sp³-hybridized carbons (Fsp3) is 0.250. The minimum absolute atomic E-state index is 0.250. The van der Waals surface area contributed by atoms with Crippen molar-refractivity contribution in [3.8, 4) is 5.75 Å². The lowest BCUT2D eigenvalue weighted by Crippen LogP contribution is -2.00. The van der Waals surface area contributed by atoms with Gasteiger partial charge in [0.25, 0.3) is 0 Å². The maximum atomic E-state index is 5.78. The highest BCUT2D eigenvalue weighted by molar-refractivity contribution is 5.30. The van der Waals surface area contributed by atoms with Gasteiger partial charge >= 0.3 is 0 Å². The van der Waals surface area contributed by atoms with Crippen LogP contribution >= 0.6 is 0 Å². The molecule has 2 aromatic rings. The molecule has 0 amide bonds. The molecular formula is C16H16O3. The molecule has 2 aromatic carbocycles. The lowest BCUT2D eigenvalue weighted by Gasteiger charge is -2.11. The van der Waals surface area contributed by atoms with Crippen molar-refractivity contribution in [2.75, 3.05) is 13.2 Å². The molecule has 1 saturated heterocycles. The van der Waals surface area contributed by atoms with E-state index >= 15 is 0 Å². The van der Waals surface area contributed by atoms with Crippen LogP contribution in [0.3, 0.4) is 0 Å². The lowest BCUT2D eigenvalue weighted by molar-refractivity contribution is -0.0442. The molecular weight excluding hydrogens is 240 g/mol. The quantitative estimate of drug-likeness (QED) is 0.840. The van der Waals surface area contributed by atoms with Crippen LogP contribution in [0.15, 0.2) is 54.6 Å². The normalized spacial score (nSPS) is 15.6. The summed E-state index contributed by atoms with van der Waals surface area (Å²) in [5.41, 5.74) is 2.16. The molecule has 0 aliphatic carbocycles. The van der Waals surface area contributed by atoms with Crippen LogP contribution in [-0.2, 0) is 16.1 Å². The lowest BCUT2D eigenvalue weighted by atomic mass is 10.2. The first kappa shape index (κ1) is 12.2. The number of rotatable bonds is 4. The van der Waals surface area contributed by atoms with E-state index in [0.29, 0.717) is 19.8 Å². The van der Waals surface area contributed by atoms with Gasteiger partial charge in [-0.2, -0.15) is 0 Å². The molecule has 0 atom stereocenters. The summed E-state index contributed by atoms with van der Waals surface area (Å²) in [5, 5.41) is 0. The number of hydrogen-bond donors (Lipinski definition) is 0. The predicted octanol–water partition coefficient (Wildman–Crippen LogP) is 3.31. The summed E-state index contributed by atoms with van der Waals surface area (Å²) >= 11 is 0. The molecule has 1 fully saturated rings. The molecule has 0 N–H and O–H groups in total. The summed E-state index contributed by atoms with van der Waals surface area (Å²) < 4.78 is 16.7. The molecule has 0 spiro atoms. The third kappa shape index (κ3) is 3.13. The molecule has 3 heteroatoms. The van der Waals surface area contributed by atoms with E-state index in [2.05, 4.69) is 0 Å². The van der Waals surface area contributed by atoms with E-state index in [1.807, 2.05) is 54.6 Å². The van der Waals surface area contributed by atoms with Crippen LogP contribution in [0.25, 0.3) is 0 Å². The van der Waals surface area contributed by atoms with Gasteiger partial charge in [-0.05, 0) is 17.7 Å². The molecule has 1 aliphatic heterocycles. The van der Waals surface area contributed by atoms with Gasteiger partial charge in [-0.15, -0.1) is 0 Å². The second-order valence-corrected chi connectivity index (χ2v) is 4.42. The van der Waals surface area contributed by atoms with Crippen molar-refractivity contribution in [1.82, 2.24) is 0 Å². The van der Waals surface area contributed by atoms with Crippen LogP contribution < -0.4 is 4.74 Å². The summed E-state index contributed by atoms with van der Waals surface area (Å²) in [7, 11) is 0. The average Bonchev–Trinajstić information content (AvgIpc) is 3.01. The molecule has 1 heterocycles. The molecule has 0 aromatic heterocycles. The van der Waals surface area contributed by atoms with E-state index in [4.69, 9.17) is 14.2 Å². The zero-order chi connectivity index (χ0) is 12.9. The Hall–Kier alpha value is -1.84. The Kier molecular flexibility index (Phi) is 3.77. The standard InChI is InChI=1S/C16H16O3/c1-2-5-13(6-3-1)12-19-15-8-4-7-14(11-15)16-17-9-10-18-16/h1-8,11,16H,9-10,12H2. The second-order valence-electron chi connectivity index (χ2n) is 4.42. The second kappa shape index (κ2) is 5.87. The van der Waals surface area contributed by atoms with Gasteiger partial charge in [0.05, 0.1) is 13.2 Å². The highest BCUT2D eigenvalue weighted by Gasteiger charge is 2.18.